The zero-order valence-electron chi connectivity index (χ0n) is 18.4. The molecule has 0 saturated carbocycles. The molecule has 0 aliphatic heterocycles. The Hall–Kier alpha value is -3.64. The third-order valence-electron chi connectivity index (χ3n) is 6.77. The number of rotatable bonds is 4. The first-order chi connectivity index (χ1) is 15.8. The topological polar surface area (TPSA) is 0 Å². The third-order valence-corrected chi connectivity index (χ3v) is 6.77. The smallest absolute Gasteiger partial charge is 0.00255 e. The molecular formula is C32H26. The minimum Gasteiger partial charge on any atom is -0.0651 e. The fraction of sp³-hybridized carbons (Fsp3) is 0.125. The van der Waals surface area contributed by atoms with E-state index in [4.69, 9.17) is 0 Å². The molecule has 0 aromatic heterocycles. The molecule has 0 radical (unpaired) electrons. The number of fused-ring (bicyclic) bond motifs is 7. The van der Waals surface area contributed by atoms with Gasteiger partial charge in [0.25, 0.3) is 0 Å². The van der Waals surface area contributed by atoms with Crippen molar-refractivity contribution in [3.8, 4) is 0 Å². The van der Waals surface area contributed by atoms with Crippen LogP contribution in [0.1, 0.15) is 30.0 Å². The zero-order valence-corrected chi connectivity index (χ0v) is 18.4. The molecule has 0 amide bonds. The molecule has 0 fully saturated rings. The van der Waals surface area contributed by atoms with Crippen molar-refractivity contribution in [2.24, 2.45) is 0 Å². The summed E-state index contributed by atoms with van der Waals surface area (Å²) in [5, 5.41) is 11.0. The molecule has 32 heavy (non-hydrogen) atoms. The summed E-state index contributed by atoms with van der Waals surface area (Å²) >= 11 is 0. The van der Waals surface area contributed by atoms with Gasteiger partial charge in [0.15, 0.2) is 0 Å². The Kier molecular flexibility index (Phi) is 4.65. The van der Waals surface area contributed by atoms with Gasteiger partial charge in [0, 0.05) is 0 Å². The van der Waals surface area contributed by atoms with Crippen LogP contribution in [0.3, 0.4) is 0 Å². The van der Waals surface area contributed by atoms with Gasteiger partial charge in [-0.15, -0.1) is 0 Å². The van der Waals surface area contributed by atoms with Crippen LogP contribution >= 0.6 is 0 Å². The van der Waals surface area contributed by atoms with Crippen LogP contribution in [-0.4, -0.2) is 0 Å². The van der Waals surface area contributed by atoms with Crippen molar-refractivity contribution in [3.05, 3.63) is 120 Å². The Bertz CT molecular complexity index is 1590. The highest BCUT2D eigenvalue weighted by molar-refractivity contribution is 6.28. The van der Waals surface area contributed by atoms with Crippen LogP contribution in [0.2, 0.25) is 0 Å². The first kappa shape index (κ1) is 19.1. The van der Waals surface area contributed by atoms with Crippen LogP contribution < -0.4 is 0 Å². The fourth-order valence-corrected chi connectivity index (χ4v) is 5.38. The van der Waals surface area contributed by atoms with Crippen molar-refractivity contribution in [1.82, 2.24) is 0 Å². The van der Waals surface area contributed by atoms with Gasteiger partial charge in [0.2, 0.25) is 0 Å². The normalized spacial score (nSPS) is 11.7. The van der Waals surface area contributed by atoms with Crippen molar-refractivity contribution in [2.45, 2.75) is 26.2 Å². The Morgan fingerprint density at radius 1 is 0.500 bits per heavy atom. The summed E-state index contributed by atoms with van der Waals surface area (Å²) in [7, 11) is 0. The largest absolute Gasteiger partial charge is 0.0651 e. The maximum absolute atomic E-state index is 2.43. The van der Waals surface area contributed by atoms with E-state index >= 15 is 0 Å². The molecule has 154 valence electrons. The van der Waals surface area contributed by atoms with Gasteiger partial charge < -0.3 is 0 Å². The van der Waals surface area contributed by atoms with Crippen molar-refractivity contribution in [1.29, 1.82) is 0 Å². The lowest BCUT2D eigenvalue weighted by Gasteiger charge is -2.17. The molecule has 0 heteroatoms. The average Bonchev–Trinajstić information content (AvgIpc) is 2.85. The standard InChI is InChI=1S/C32H26/c1-2-10-28-25-14-7-6-13-24(25)21-31-27-16-9-8-15-26(27)30-20-23(17-18-29(30)32(28)31)19-22-11-4-3-5-12-22/h3-9,11-18,20-21H,2,10,19H2,1H3. The molecule has 0 aliphatic rings. The van der Waals surface area contributed by atoms with Crippen LogP contribution in [-0.2, 0) is 12.8 Å². The predicted molar refractivity (Wildman–Crippen MR) is 140 cm³/mol. The summed E-state index contributed by atoms with van der Waals surface area (Å²) in [6.45, 7) is 2.29. The molecule has 0 atom stereocenters. The monoisotopic (exact) mass is 410 g/mol. The first-order valence-electron chi connectivity index (χ1n) is 11.6. The SMILES string of the molecule is CCCc1c2ccccc2cc2c3ccccc3c3cc(Cc4ccccc4)ccc3c12. The third kappa shape index (κ3) is 3.07. The second-order valence-corrected chi connectivity index (χ2v) is 8.84. The van der Waals surface area contributed by atoms with Crippen LogP contribution in [0.15, 0.2) is 103 Å². The van der Waals surface area contributed by atoms with E-state index in [9.17, 15) is 0 Å². The van der Waals surface area contributed by atoms with Crippen LogP contribution in [0.4, 0.5) is 0 Å². The van der Waals surface area contributed by atoms with Crippen molar-refractivity contribution >= 4 is 43.1 Å². The van der Waals surface area contributed by atoms with Gasteiger partial charge in [-0.2, -0.15) is 0 Å². The first-order valence-corrected chi connectivity index (χ1v) is 11.6. The Labute approximate surface area is 189 Å². The summed E-state index contributed by atoms with van der Waals surface area (Å²) in [5.74, 6) is 0. The van der Waals surface area contributed by atoms with Crippen molar-refractivity contribution in [2.75, 3.05) is 0 Å². The second kappa shape index (κ2) is 7.80. The van der Waals surface area contributed by atoms with Gasteiger partial charge in [0.1, 0.15) is 0 Å². The fourth-order valence-electron chi connectivity index (χ4n) is 5.38. The molecule has 0 spiro atoms. The minimum absolute atomic E-state index is 0.961. The lowest BCUT2D eigenvalue weighted by Crippen LogP contribution is -1.94. The summed E-state index contributed by atoms with van der Waals surface area (Å²) in [4.78, 5) is 0. The molecule has 0 saturated heterocycles. The Morgan fingerprint density at radius 2 is 1.19 bits per heavy atom. The van der Waals surface area contributed by atoms with E-state index < -0.39 is 0 Å². The number of hydrogen-bond donors (Lipinski definition) is 0. The van der Waals surface area contributed by atoms with E-state index in [1.54, 1.807) is 0 Å². The van der Waals surface area contributed by atoms with Crippen molar-refractivity contribution in [3.63, 3.8) is 0 Å². The summed E-state index contributed by atoms with van der Waals surface area (Å²) in [5.41, 5.74) is 4.22. The van der Waals surface area contributed by atoms with E-state index in [0.717, 1.165) is 19.3 Å². The van der Waals surface area contributed by atoms with Crippen LogP contribution in [0.5, 0.6) is 0 Å². The maximum Gasteiger partial charge on any atom is -0.00255 e. The molecule has 0 aliphatic carbocycles. The lowest BCUT2D eigenvalue weighted by atomic mass is 9.86. The average molecular weight is 411 g/mol. The van der Waals surface area contributed by atoms with Gasteiger partial charge in [-0.1, -0.05) is 110 Å². The van der Waals surface area contributed by atoms with Crippen LogP contribution in [0, 0.1) is 0 Å². The summed E-state index contributed by atoms with van der Waals surface area (Å²) < 4.78 is 0. The van der Waals surface area contributed by atoms with Gasteiger partial charge in [-0.25, -0.2) is 0 Å². The number of aryl methyl sites for hydroxylation is 1. The summed E-state index contributed by atoms with van der Waals surface area (Å²) in [6.07, 6.45) is 3.20. The number of hydrogen-bond acceptors (Lipinski definition) is 0. The molecule has 6 aromatic carbocycles. The highest BCUT2D eigenvalue weighted by Gasteiger charge is 2.15. The van der Waals surface area contributed by atoms with E-state index in [2.05, 4.69) is 110 Å². The predicted octanol–water partition coefficient (Wildman–Crippen LogP) is 8.84. The Balaban J connectivity index is 1.73. The molecule has 0 nitrogen and oxygen atoms in total. The van der Waals surface area contributed by atoms with E-state index in [0.29, 0.717) is 0 Å². The minimum atomic E-state index is 0.961. The van der Waals surface area contributed by atoms with E-state index in [-0.39, 0.29) is 0 Å². The van der Waals surface area contributed by atoms with E-state index in [1.807, 2.05) is 0 Å². The molecule has 6 aromatic rings. The molecule has 6 rings (SSSR count). The van der Waals surface area contributed by atoms with Gasteiger partial charge in [-0.3, -0.25) is 0 Å². The van der Waals surface area contributed by atoms with Crippen molar-refractivity contribution < 1.29 is 0 Å². The molecule has 0 N–H and O–H groups in total. The van der Waals surface area contributed by atoms with Gasteiger partial charge in [-0.05, 0) is 78.7 Å². The van der Waals surface area contributed by atoms with Crippen LogP contribution in [0.25, 0.3) is 43.1 Å². The Morgan fingerprint density at radius 3 is 1.97 bits per heavy atom. The zero-order chi connectivity index (χ0) is 21.5. The lowest BCUT2D eigenvalue weighted by molar-refractivity contribution is 0.937. The quantitative estimate of drug-likeness (QED) is 0.201. The van der Waals surface area contributed by atoms with E-state index in [1.165, 1.54) is 59.8 Å². The highest BCUT2D eigenvalue weighted by atomic mass is 14.2. The van der Waals surface area contributed by atoms with Gasteiger partial charge >= 0.3 is 0 Å². The molecular weight excluding hydrogens is 384 g/mol. The maximum atomic E-state index is 2.43. The summed E-state index contributed by atoms with van der Waals surface area (Å²) in [6, 6.07) is 38.1. The van der Waals surface area contributed by atoms with Gasteiger partial charge in [0.05, 0.1) is 0 Å². The number of benzene rings is 6. The molecule has 0 bridgehead atoms. The molecule has 0 heterocycles. The molecule has 0 unspecified atom stereocenters. The highest BCUT2D eigenvalue weighted by Crippen LogP contribution is 2.40. The second-order valence-electron chi connectivity index (χ2n) is 8.84.